The number of ether oxygens (including phenoxy) is 1. The summed E-state index contributed by atoms with van der Waals surface area (Å²) in [6.45, 7) is 0.814. The number of rotatable bonds is 3. The number of nitro benzene ring substituents is 1. The van der Waals surface area contributed by atoms with Gasteiger partial charge in [-0.2, -0.15) is 0 Å². The third kappa shape index (κ3) is 2.53. The Bertz CT molecular complexity index is 341. The van der Waals surface area contributed by atoms with Gasteiger partial charge < -0.3 is 4.74 Å². The summed E-state index contributed by atoms with van der Waals surface area (Å²) in [6.07, 6.45) is 4.31. The molecule has 1 aliphatic heterocycles. The Morgan fingerprint density at radius 1 is 1.40 bits per heavy atom. The van der Waals surface area contributed by atoms with Crippen LogP contribution in [0.5, 0.6) is 0 Å². The largest absolute Gasteiger partial charge is 0.378 e. The van der Waals surface area contributed by atoms with E-state index in [2.05, 4.69) is 0 Å². The monoisotopic (exact) mass is 206 g/mol. The van der Waals surface area contributed by atoms with E-state index in [1.165, 1.54) is 12.1 Å². The zero-order chi connectivity index (χ0) is 10.7. The van der Waals surface area contributed by atoms with Crippen molar-refractivity contribution >= 4 is 5.69 Å². The molecule has 0 saturated carbocycles. The van der Waals surface area contributed by atoms with Gasteiger partial charge in [-0.3, -0.25) is 10.1 Å². The summed E-state index contributed by atoms with van der Waals surface area (Å²) in [7, 11) is 0. The maximum atomic E-state index is 10.4. The van der Waals surface area contributed by atoms with Gasteiger partial charge in [0, 0.05) is 25.2 Å². The van der Waals surface area contributed by atoms with Crippen molar-refractivity contribution in [3.05, 3.63) is 46.4 Å². The molecule has 1 aromatic carbocycles. The lowest BCUT2D eigenvalue weighted by Gasteiger charge is -2.07. The molecule has 15 heavy (non-hydrogen) atoms. The highest BCUT2D eigenvalue weighted by Gasteiger charge is 2.16. The average molecular weight is 206 g/mol. The molecule has 1 saturated heterocycles. The second-order valence-corrected chi connectivity index (χ2v) is 3.57. The predicted octanol–water partition coefficient (Wildman–Crippen LogP) is 2.33. The van der Waals surface area contributed by atoms with E-state index in [9.17, 15) is 10.1 Å². The van der Waals surface area contributed by atoms with Gasteiger partial charge in [-0.05, 0) is 18.4 Å². The average Bonchev–Trinajstić information content (AvgIpc) is 2.71. The zero-order valence-electron chi connectivity index (χ0n) is 8.26. The van der Waals surface area contributed by atoms with Crippen molar-refractivity contribution in [1.82, 2.24) is 0 Å². The molecule has 4 nitrogen and oxygen atoms in total. The molecule has 0 amide bonds. The minimum absolute atomic E-state index is 0.125. The molecule has 1 atom stereocenters. The third-order valence-corrected chi connectivity index (χ3v) is 2.45. The van der Waals surface area contributed by atoms with Crippen molar-refractivity contribution in [3.8, 4) is 0 Å². The smallest absolute Gasteiger partial charge is 0.269 e. The van der Waals surface area contributed by atoms with Crippen LogP contribution >= 0.6 is 0 Å². The lowest BCUT2D eigenvalue weighted by molar-refractivity contribution is -0.384. The van der Waals surface area contributed by atoms with Gasteiger partial charge in [0.15, 0.2) is 0 Å². The first-order valence-corrected chi connectivity index (χ1v) is 4.96. The number of nitrogens with zero attached hydrogens (tertiary/aromatic N) is 1. The Balaban J connectivity index is 2.00. The van der Waals surface area contributed by atoms with E-state index in [0.717, 1.165) is 25.0 Å². The summed E-state index contributed by atoms with van der Waals surface area (Å²) in [5, 5.41) is 10.4. The number of nitro groups is 1. The molecule has 0 bridgehead atoms. The molecule has 2 rings (SSSR count). The van der Waals surface area contributed by atoms with Crippen molar-refractivity contribution in [1.29, 1.82) is 0 Å². The van der Waals surface area contributed by atoms with Gasteiger partial charge in [0.05, 0.1) is 11.0 Å². The van der Waals surface area contributed by atoms with Gasteiger partial charge >= 0.3 is 0 Å². The Morgan fingerprint density at radius 3 is 2.67 bits per heavy atom. The van der Waals surface area contributed by atoms with E-state index in [1.807, 2.05) is 6.42 Å². The van der Waals surface area contributed by atoms with Gasteiger partial charge in [-0.15, -0.1) is 0 Å². The molecule has 0 spiro atoms. The van der Waals surface area contributed by atoms with Crippen LogP contribution in [0.1, 0.15) is 18.4 Å². The quantitative estimate of drug-likeness (QED) is 0.563. The molecular formula is C11H12NO3. The second kappa shape index (κ2) is 4.40. The second-order valence-electron chi connectivity index (χ2n) is 3.57. The van der Waals surface area contributed by atoms with E-state index in [-0.39, 0.29) is 11.8 Å². The Hall–Kier alpha value is -1.42. The summed E-state index contributed by atoms with van der Waals surface area (Å²) in [6, 6.07) is 6.53. The maximum absolute atomic E-state index is 10.4. The summed E-state index contributed by atoms with van der Waals surface area (Å²) in [4.78, 5) is 10.0. The fourth-order valence-electron chi connectivity index (χ4n) is 1.66. The lowest BCUT2D eigenvalue weighted by atomic mass is 10.1. The molecule has 1 aliphatic rings. The highest BCUT2D eigenvalue weighted by molar-refractivity contribution is 5.36. The molecule has 0 N–H and O–H groups in total. The SMILES string of the molecule is O=[N+]([O-])c1ccc([CH]C2CCCO2)cc1. The first-order chi connectivity index (χ1) is 7.25. The van der Waals surface area contributed by atoms with Gasteiger partial charge in [-0.1, -0.05) is 12.1 Å². The Labute approximate surface area is 88.0 Å². The van der Waals surface area contributed by atoms with Gasteiger partial charge in [0.25, 0.3) is 5.69 Å². The highest BCUT2D eigenvalue weighted by atomic mass is 16.6. The molecule has 0 aliphatic carbocycles. The Morgan fingerprint density at radius 2 is 2.13 bits per heavy atom. The van der Waals surface area contributed by atoms with Crippen LogP contribution in [-0.4, -0.2) is 17.6 Å². The van der Waals surface area contributed by atoms with Crippen LogP contribution in [0.3, 0.4) is 0 Å². The predicted molar refractivity (Wildman–Crippen MR) is 55.5 cm³/mol. The van der Waals surface area contributed by atoms with Crippen molar-refractivity contribution in [3.63, 3.8) is 0 Å². The van der Waals surface area contributed by atoms with Crippen molar-refractivity contribution in [2.75, 3.05) is 6.61 Å². The van der Waals surface area contributed by atoms with E-state index < -0.39 is 4.92 Å². The molecule has 4 heteroatoms. The molecule has 79 valence electrons. The normalized spacial score (nSPS) is 20.4. The topological polar surface area (TPSA) is 52.4 Å². The first kappa shape index (κ1) is 10.1. The molecule has 1 radical (unpaired) electrons. The van der Waals surface area contributed by atoms with Gasteiger partial charge in [0.2, 0.25) is 0 Å². The summed E-state index contributed by atoms with van der Waals surface area (Å²) in [5.41, 5.74) is 1.10. The van der Waals surface area contributed by atoms with Crippen LogP contribution in [0.2, 0.25) is 0 Å². The fourth-order valence-corrected chi connectivity index (χ4v) is 1.66. The molecule has 0 aromatic heterocycles. The summed E-state index contributed by atoms with van der Waals surface area (Å²) < 4.78 is 5.45. The van der Waals surface area contributed by atoms with Crippen molar-refractivity contribution < 1.29 is 9.66 Å². The van der Waals surface area contributed by atoms with Crippen LogP contribution in [0.4, 0.5) is 5.69 Å². The zero-order valence-corrected chi connectivity index (χ0v) is 8.26. The molecular weight excluding hydrogens is 194 g/mol. The van der Waals surface area contributed by atoms with Crippen molar-refractivity contribution in [2.45, 2.75) is 18.9 Å². The van der Waals surface area contributed by atoms with E-state index >= 15 is 0 Å². The number of benzene rings is 1. The van der Waals surface area contributed by atoms with Crippen LogP contribution in [-0.2, 0) is 4.74 Å². The molecule has 1 heterocycles. The Kier molecular flexibility index (Phi) is 2.97. The highest BCUT2D eigenvalue weighted by Crippen LogP contribution is 2.20. The maximum Gasteiger partial charge on any atom is 0.269 e. The van der Waals surface area contributed by atoms with Crippen LogP contribution < -0.4 is 0 Å². The van der Waals surface area contributed by atoms with Crippen LogP contribution in [0.25, 0.3) is 0 Å². The number of hydrogen-bond acceptors (Lipinski definition) is 3. The van der Waals surface area contributed by atoms with Crippen LogP contribution in [0, 0.1) is 16.5 Å². The van der Waals surface area contributed by atoms with E-state index in [4.69, 9.17) is 4.74 Å². The summed E-state index contributed by atoms with van der Waals surface area (Å²) >= 11 is 0. The number of hydrogen-bond donors (Lipinski definition) is 0. The minimum Gasteiger partial charge on any atom is -0.378 e. The van der Waals surface area contributed by atoms with Gasteiger partial charge in [0.1, 0.15) is 0 Å². The lowest BCUT2D eigenvalue weighted by Crippen LogP contribution is -2.05. The summed E-state index contributed by atoms with van der Waals surface area (Å²) in [5.74, 6) is 0. The van der Waals surface area contributed by atoms with Crippen molar-refractivity contribution in [2.24, 2.45) is 0 Å². The first-order valence-electron chi connectivity index (χ1n) is 4.96. The third-order valence-electron chi connectivity index (χ3n) is 2.45. The number of non-ortho nitro benzene ring substituents is 1. The molecule has 1 aromatic rings. The molecule has 1 fully saturated rings. The van der Waals surface area contributed by atoms with E-state index in [0.29, 0.717) is 0 Å². The van der Waals surface area contributed by atoms with Gasteiger partial charge in [-0.25, -0.2) is 0 Å². The minimum atomic E-state index is -0.393. The standard InChI is InChI=1S/C11H12NO3/c13-12(14)10-5-3-9(4-6-10)8-11-2-1-7-15-11/h3-6,8,11H,1-2,7H2. The van der Waals surface area contributed by atoms with Crippen LogP contribution in [0.15, 0.2) is 24.3 Å². The van der Waals surface area contributed by atoms with E-state index in [1.54, 1.807) is 12.1 Å². The molecule has 1 unspecified atom stereocenters. The fraction of sp³-hybridized carbons (Fsp3) is 0.364.